The van der Waals surface area contributed by atoms with E-state index in [2.05, 4.69) is 13.1 Å². The molecule has 0 radical (unpaired) electrons. The van der Waals surface area contributed by atoms with Crippen molar-refractivity contribution in [2.24, 2.45) is 0 Å². The van der Waals surface area contributed by atoms with Crippen LogP contribution in [0.15, 0.2) is 29.2 Å². The fourth-order valence-electron chi connectivity index (χ4n) is 3.18. The van der Waals surface area contributed by atoms with E-state index >= 15 is 0 Å². The van der Waals surface area contributed by atoms with Crippen LogP contribution >= 0.6 is 23.5 Å². The van der Waals surface area contributed by atoms with Gasteiger partial charge in [0.1, 0.15) is 18.3 Å². The topological polar surface area (TPSA) is 346 Å². The summed E-state index contributed by atoms with van der Waals surface area (Å²) in [7, 11) is -15.6. The lowest BCUT2D eigenvalue weighted by atomic mass is 10.1. The fourth-order valence-corrected chi connectivity index (χ4v) is 6.21. The minimum absolute atomic E-state index is 0. The molecule has 0 amide bonds. The maximum atomic E-state index is 14.1. The largest absolute Gasteiger partial charge is 0.494 e. The molecular weight excluding hydrogens is 588 g/mol. The number of methoxy groups -OCH3 is 1. The zero-order valence-electron chi connectivity index (χ0n) is 19.5. The minimum Gasteiger partial charge on any atom is -0.494 e. The third-order valence-electron chi connectivity index (χ3n) is 4.63. The van der Waals surface area contributed by atoms with Gasteiger partial charge in [-0.2, -0.15) is 8.62 Å². The van der Waals surface area contributed by atoms with E-state index in [1.54, 1.807) is 0 Å². The van der Waals surface area contributed by atoms with Crippen molar-refractivity contribution in [1.29, 1.82) is 0 Å². The number of ether oxygens (including phenoxy) is 2. The van der Waals surface area contributed by atoms with Gasteiger partial charge in [-0.05, 0) is 23.6 Å². The Kier molecular flexibility index (Phi) is 12.5. The molecule has 220 valence electrons. The third-order valence-corrected chi connectivity index (χ3v) is 8.44. The van der Waals surface area contributed by atoms with E-state index in [4.69, 9.17) is 24.2 Å². The second kappa shape index (κ2) is 13.1. The summed E-state index contributed by atoms with van der Waals surface area (Å²) < 4.78 is 70.4. The molecule has 19 nitrogen and oxygen atoms in total. The highest BCUT2D eigenvalue weighted by Gasteiger charge is 2.46. The first kappa shape index (κ1) is 36.3. The standard InChI is InChI=1S/C15H19FNO15P3.3H3N/c1-28-10-4-7-2-3-17(14(20)8(7)5-9(10)16)15-13(19)12(18)11(30-15)6-29-34(24,25)32-35(26,27)31-33(21,22)23;;;/h2-5,11-13,15,18-19H,6H2,1H3,(H,24,25)(H,26,27)(H2,21,22,23);3*1H3/t11-,12+,13+,15-;;;/m0.../s1. The zero-order valence-corrected chi connectivity index (χ0v) is 22.2. The Balaban J connectivity index is 0.00000456. The molecule has 1 aliphatic heterocycles. The van der Waals surface area contributed by atoms with Crippen LogP contribution in [0.1, 0.15) is 6.23 Å². The van der Waals surface area contributed by atoms with E-state index in [9.17, 15) is 38.0 Å². The molecule has 0 aliphatic carbocycles. The Morgan fingerprint density at radius 3 is 2.16 bits per heavy atom. The van der Waals surface area contributed by atoms with Gasteiger partial charge < -0.3 is 57.7 Å². The molecule has 1 aromatic heterocycles. The average Bonchev–Trinajstić information content (AvgIpc) is 2.98. The molecule has 2 aromatic rings. The van der Waals surface area contributed by atoms with E-state index in [1.807, 2.05) is 0 Å². The monoisotopic (exact) mass is 616 g/mol. The van der Waals surface area contributed by atoms with Gasteiger partial charge in [0.15, 0.2) is 17.8 Å². The van der Waals surface area contributed by atoms with Crippen molar-refractivity contribution in [3.8, 4) is 5.75 Å². The molecule has 2 heterocycles. The molecule has 0 bridgehead atoms. The molecule has 0 spiro atoms. The summed E-state index contributed by atoms with van der Waals surface area (Å²) in [6.07, 6.45) is -5.60. The number of pyridine rings is 1. The van der Waals surface area contributed by atoms with Gasteiger partial charge in [-0.15, -0.1) is 0 Å². The lowest BCUT2D eigenvalue weighted by Crippen LogP contribution is -2.35. The number of aliphatic hydroxyl groups is 2. The molecule has 23 heteroatoms. The smallest absolute Gasteiger partial charge is 0.490 e. The summed E-state index contributed by atoms with van der Waals surface area (Å²) in [5.41, 5.74) is -0.825. The van der Waals surface area contributed by atoms with Gasteiger partial charge in [-0.25, -0.2) is 18.1 Å². The van der Waals surface area contributed by atoms with Gasteiger partial charge in [0, 0.05) is 6.20 Å². The molecular formula is C15H28FN4O15P3. The molecule has 1 saturated heterocycles. The van der Waals surface area contributed by atoms with Crippen LogP contribution in [0.3, 0.4) is 0 Å². The van der Waals surface area contributed by atoms with Crippen molar-refractivity contribution >= 4 is 34.2 Å². The van der Waals surface area contributed by atoms with Gasteiger partial charge in [0.2, 0.25) is 0 Å². The van der Waals surface area contributed by atoms with Gasteiger partial charge in [-0.3, -0.25) is 13.9 Å². The Hall–Kier alpha value is -1.67. The minimum atomic E-state index is -5.76. The maximum Gasteiger partial charge on any atom is 0.490 e. The Morgan fingerprint density at radius 2 is 1.61 bits per heavy atom. The van der Waals surface area contributed by atoms with Gasteiger partial charge >= 0.3 is 23.5 Å². The SMILES string of the molecule is COc1cc2ccn([C@H]3O[C@@H](COP(=O)(O)OP(=O)(O)OP(=O)(O)O)[C@@H](O)[C@H]3O)c(=O)c2cc1F.N.N.N. The molecule has 6 atom stereocenters. The summed E-state index contributed by atoms with van der Waals surface area (Å²) in [4.78, 5) is 48.5. The second-order valence-corrected chi connectivity index (χ2v) is 11.5. The summed E-state index contributed by atoms with van der Waals surface area (Å²) in [6, 6.07) is 3.54. The Bertz CT molecular complexity index is 1320. The van der Waals surface area contributed by atoms with Gasteiger partial charge in [0.05, 0.1) is 19.1 Å². The highest BCUT2D eigenvalue weighted by atomic mass is 31.3. The van der Waals surface area contributed by atoms with Crippen molar-refractivity contribution in [3.63, 3.8) is 0 Å². The summed E-state index contributed by atoms with van der Waals surface area (Å²) in [6.45, 7) is -1.06. The quantitative estimate of drug-likeness (QED) is 0.174. The number of aromatic nitrogens is 1. The molecule has 1 aromatic carbocycles. The van der Waals surface area contributed by atoms with Crippen LogP contribution in [0.2, 0.25) is 0 Å². The second-order valence-electron chi connectivity index (χ2n) is 7.04. The first-order valence-corrected chi connectivity index (χ1v) is 13.7. The molecule has 38 heavy (non-hydrogen) atoms. The first-order chi connectivity index (χ1) is 16.0. The van der Waals surface area contributed by atoms with Gasteiger partial charge in [-0.1, -0.05) is 0 Å². The third kappa shape index (κ3) is 8.41. The molecule has 1 fully saturated rings. The van der Waals surface area contributed by atoms with E-state index < -0.39 is 66.0 Å². The van der Waals surface area contributed by atoms with Crippen LogP contribution in [0.4, 0.5) is 4.39 Å². The van der Waals surface area contributed by atoms with E-state index in [-0.39, 0.29) is 29.6 Å². The lowest BCUT2D eigenvalue weighted by Gasteiger charge is -2.19. The summed E-state index contributed by atoms with van der Waals surface area (Å²) >= 11 is 0. The maximum absolute atomic E-state index is 14.1. The number of hydrogen-bond donors (Lipinski definition) is 9. The van der Waals surface area contributed by atoms with Crippen molar-refractivity contribution < 1.29 is 70.5 Å². The van der Waals surface area contributed by atoms with Crippen LogP contribution in [-0.4, -0.2) is 66.4 Å². The van der Waals surface area contributed by atoms with Crippen LogP contribution in [-0.2, 0) is 31.6 Å². The van der Waals surface area contributed by atoms with E-state index in [0.29, 0.717) is 5.39 Å². The first-order valence-electron chi connectivity index (χ1n) is 9.22. The van der Waals surface area contributed by atoms with Crippen LogP contribution < -0.4 is 28.7 Å². The molecule has 3 rings (SSSR count). The normalized spacial score (nSPS) is 24.3. The summed E-state index contributed by atoms with van der Waals surface area (Å²) in [5, 5.41) is 20.7. The zero-order chi connectivity index (χ0) is 26.3. The number of aliphatic hydroxyl groups excluding tert-OH is 2. The number of phosphoric ester groups is 1. The Labute approximate surface area is 212 Å². The van der Waals surface area contributed by atoms with Crippen molar-refractivity contribution in [2.75, 3.05) is 13.7 Å². The Morgan fingerprint density at radius 1 is 1.00 bits per heavy atom. The number of fused-ring (bicyclic) bond motifs is 1. The molecule has 15 N–H and O–H groups in total. The predicted molar refractivity (Wildman–Crippen MR) is 126 cm³/mol. The van der Waals surface area contributed by atoms with Crippen LogP contribution in [0, 0.1) is 5.82 Å². The molecule has 1 aliphatic rings. The van der Waals surface area contributed by atoms with E-state index in [1.165, 1.54) is 25.4 Å². The number of hydrogen-bond acceptors (Lipinski definition) is 14. The number of rotatable bonds is 9. The van der Waals surface area contributed by atoms with Crippen molar-refractivity contribution in [1.82, 2.24) is 23.0 Å². The predicted octanol–water partition coefficient (Wildman–Crippen LogP) is 0.598. The number of halogens is 1. The number of nitrogens with zero attached hydrogens (tertiary/aromatic N) is 1. The van der Waals surface area contributed by atoms with Crippen molar-refractivity contribution in [2.45, 2.75) is 24.5 Å². The number of phosphoric acid groups is 3. The van der Waals surface area contributed by atoms with Crippen LogP contribution in [0.25, 0.3) is 10.8 Å². The highest BCUT2D eigenvalue weighted by Crippen LogP contribution is 2.66. The summed E-state index contributed by atoms with van der Waals surface area (Å²) in [5.74, 6) is -0.953. The lowest BCUT2D eigenvalue weighted by molar-refractivity contribution is -0.0533. The van der Waals surface area contributed by atoms with E-state index in [0.717, 1.165) is 10.6 Å². The molecule has 2 unspecified atom stereocenters. The fraction of sp³-hybridized carbons (Fsp3) is 0.400. The average molecular weight is 616 g/mol. The van der Waals surface area contributed by atoms with Crippen molar-refractivity contribution in [3.05, 3.63) is 40.6 Å². The number of benzene rings is 1. The molecule has 0 saturated carbocycles. The van der Waals surface area contributed by atoms with Crippen LogP contribution in [0.5, 0.6) is 5.75 Å². The van der Waals surface area contributed by atoms with Gasteiger partial charge in [0.25, 0.3) is 5.56 Å². The highest BCUT2D eigenvalue weighted by molar-refractivity contribution is 7.66.